The fraction of sp³-hybridized carbons (Fsp3) is 0.429. The highest BCUT2D eigenvalue weighted by atomic mass is 16.5. The first-order valence-electron chi connectivity index (χ1n) is 9.69. The number of para-hydroxylation sites is 1. The molecule has 1 aliphatic rings. The van der Waals surface area contributed by atoms with Gasteiger partial charge in [-0.15, -0.1) is 0 Å². The number of aromatic nitrogens is 2. The Morgan fingerprint density at radius 3 is 2.45 bits per heavy atom. The molecule has 1 aromatic carbocycles. The maximum atomic E-state index is 13.2. The fourth-order valence-electron chi connectivity index (χ4n) is 3.43. The minimum absolute atomic E-state index is 0.000723. The van der Waals surface area contributed by atoms with Crippen LogP contribution in [0.5, 0.6) is 6.01 Å². The number of anilines is 1. The molecule has 0 saturated carbocycles. The number of benzene rings is 1. The van der Waals surface area contributed by atoms with Gasteiger partial charge in [0, 0.05) is 51.2 Å². The Labute approximate surface area is 171 Å². The second-order valence-electron chi connectivity index (χ2n) is 7.14. The molecule has 2 heterocycles. The van der Waals surface area contributed by atoms with Crippen molar-refractivity contribution >= 4 is 17.5 Å². The number of rotatable bonds is 2. The van der Waals surface area contributed by atoms with Crippen molar-refractivity contribution in [3.8, 4) is 6.01 Å². The van der Waals surface area contributed by atoms with Gasteiger partial charge in [0.1, 0.15) is 0 Å². The molecule has 2 amide bonds. The Bertz CT molecular complexity index is 856. The highest BCUT2D eigenvalue weighted by Crippen LogP contribution is 2.24. The zero-order chi connectivity index (χ0) is 20.8. The van der Waals surface area contributed by atoms with E-state index in [1.165, 1.54) is 19.5 Å². The lowest BCUT2D eigenvalue weighted by atomic mass is 10.1. The van der Waals surface area contributed by atoms with E-state index in [1.807, 2.05) is 31.3 Å². The Hall–Kier alpha value is -3.00. The standard InChI is InChI=1S/C21H27N5O3/c1-16(27)26-10-6-9-24(2)11-12-25(15-17-7-4-5-8-19(17)26)20(28)18-13-22-21(29-3)23-14-18/h4-5,7-8,13-14H,6,9-12,15H2,1-3H3. The molecule has 3 rings (SSSR count). The lowest BCUT2D eigenvalue weighted by molar-refractivity contribution is -0.116. The Kier molecular flexibility index (Phi) is 6.77. The number of carbonyl (C=O) groups is 2. The van der Waals surface area contributed by atoms with Gasteiger partial charge in [0.2, 0.25) is 5.91 Å². The summed E-state index contributed by atoms with van der Waals surface area (Å²) in [6, 6.07) is 7.99. The number of nitrogens with zero attached hydrogens (tertiary/aromatic N) is 5. The van der Waals surface area contributed by atoms with Crippen molar-refractivity contribution in [1.29, 1.82) is 0 Å². The first-order chi connectivity index (χ1) is 14.0. The molecule has 1 aromatic heterocycles. The van der Waals surface area contributed by atoms with Crippen LogP contribution >= 0.6 is 0 Å². The van der Waals surface area contributed by atoms with Crippen molar-refractivity contribution in [1.82, 2.24) is 19.8 Å². The number of carbonyl (C=O) groups excluding carboxylic acids is 2. The highest BCUT2D eigenvalue weighted by Gasteiger charge is 2.22. The predicted molar refractivity (Wildman–Crippen MR) is 110 cm³/mol. The van der Waals surface area contributed by atoms with Crippen molar-refractivity contribution in [3.05, 3.63) is 47.8 Å². The summed E-state index contributed by atoms with van der Waals surface area (Å²) in [7, 11) is 3.51. The van der Waals surface area contributed by atoms with Gasteiger partial charge in [-0.3, -0.25) is 9.59 Å². The van der Waals surface area contributed by atoms with E-state index in [-0.39, 0.29) is 17.8 Å². The van der Waals surface area contributed by atoms with E-state index < -0.39 is 0 Å². The van der Waals surface area contributed by atoms with Crippen molar-refractivity contribution in [2.24, 2.45) is 0 Å². The minimum atomic E-state index is -0.149. The van der Waals surface area contributed by atoms with Crippen LogP contribution < -0.4 is 9.64 Å². The summed E-state index contributed by atoms with van der Waals surface area (Å²) >= 11 is 0. The summed E-state index contributed by atoms with van der Waals surface area (Å²) in [6.07, 6.45) is 3.83. The zero-order valence-electron chi connectivity index (χ0n) is 17.2. The van der Waals surface area contributed by atoms with Crippen molar-refractivity contribution in [2.45, 2.75) is 19.9 Å². The van der Waals surface area contributed by atoms with Crippen molar-refractivity contribution in [2.75, 3.05) is 45.2 Å². The van der Waals surface area contributed by atoms with Crippen LogP contribution in [0.4, 0.5) is 5.69 Å². The summed E-state index contributed by atoms with van der Waals surface area (Å²) in [4.78, 5) is 39.3. The lowest BCUT2D eigenvalue weighted by Crippen LogP contribution is -2.37. The van der Waals surface area contributed by atoms with Gasteiger partial charge in [0.15, 0.2) is 0 Å². The molecular weight excluding hydrogens is 370 g/mol. The van der Waals surface area contributed by atoms with Gasteiger partial charge in [-0.05, 0) is 31.6 Å². The molecule has 0 radical (unpaired) electrons. The van der Waals surface area contributed by atoms with Crippen LogP contribution in [0.2, 0.25) is 0 Å². The number of hydrogen-bond donors (Lipinski definition) is 0. The van der Waals surface area contributed by atoms with E-state index in [1.54, 1.807) is 16.7 Å². The Balaban J connectivity index is 1.94. The summed E-state index contributed by atoms with van der Waals surface area (Å²) in [5, 5.41) is 0. The van der Waals surface area contributed by atoms with E-state index in [9.17, 15) is 9.59 Å². The van der Waals surface area contributed by atoms with Crippen molar-refractivity contribution < 1.29 is 14.3 Å². The molecule has 8 nitrogen and oxygen atoms in total. The molecule has 0 spiro atoms. The number of fused-ring (bicyclic) bond motifs is 1. The van der Waals surface area contributed by atoms with E-state index in [0.717, 1.165) is 30.8 Å². The third kappa shape index (κ3) is 5.08. The summed E-state index contributed by atoms with van der Waals surface area (Å²) in [5.41, 5.74) is 2.20. The normalized spacial score (nSPS) is 16.0. The van der Waals surface area contributed by atoms with Gasteiger partial charge in [-0.2, -0.15) is 0 Å². The maximum Gasteiger partial charge on any atom is 0.316 e. The fourth-order valence-corrected chi connectivity index (χ4v) is 3.43. The molecule has 0 saturated heterocycles. The number of methoxy groups -OCH3 is 1. The van der Waals surface area contributed by atoms with Crippen LogP contribution in [-0.4, -0.2) is 71.9 Å². The third-order valence-electron chi connectivity index (χ3n) is 5.04. The quantitative estimate of drug-likeness (QED) is 0.769. The van der Waals surface area contributed by atoms with Gasteiger partial charge in [0.25, 0.3) is 5.91 Å². The number of likely N-dealkylation sites (N-methyl/N-ethyl adjacent to an activating group) is 1. The van der Waals surface area contributed by atoms with E-state index in [0.29, 0.717) is 25.2 Å². The van der Waals surface area contributed by atoms with Crippen LogP contribution in [0.25, 0.3) is 0 Å². The Morgan fingerprint density at radius 1 is 1.03 bits per heavy atom. The summed E-state index contributed by atoms with van der Waals surface area (Å²) in [6.45, 7) is 4.79. The molecule has 0 unspecified atom stereocenters. The minimum Gasteiger partial charge on any atom is -0.467 e. The maximum absolute atomic E-state index is 13.2. The smallest absolute Gasteiger partial charge is 0.316 e. The molecule has 2 aromatic rings. The van der Waals surface area contributed by atoms with Gasteiger partial charge in [0.05, 0.1) is 12.7 Å². The van der Waals surface area contributed by atoms with Gasteiger partial charge in [-0.1, -0.05) is 18.2 Å². The van der Waals surface area contributed by atoms with Crippen LogP contribution in [0.3, 0.4) is 0 Å². The molecule has 0 bridgehead atoms. The predicted octanol–water partition coefficient (Wildman–Crippen LogP) is 1.82. The van der Waals surface area contributed by atoms with E-state index in [2.05, 4.69) is 14.9 Å². The molecule has 1 aliphatic heterocycles. The largest absolute Gasteiger partial charge is 0.467 e. The van der Waals surface area contributed by atoms with Crippen LogP contribution in [-0.2, 0) is 11.3 Å². The number of amides is 2. The topological polar surface area (TPSA) is 78.9 Å². The van der Waals surface area contributed by atoms with Crippen molar-refractivity contribution in [3.63, 3.8) is 0 Å². The van der Waals surface area contributed by atoms with Gasteiger partial charge in [-0.25, -0.2) is 9.97 Å². The highest BCUT2D eigenvalue weighted by molar-refractivity contribution is 5.94. The summed E-state index contributed by atoms with van der Waals surface area (Å²) < 4.78 is 4.98. The van der Waals surface area contributed by atoms with Crippen LogP contribution in [0.15, 0.2) is 36.7 Å². The first-order valence-corrected chi connectivity index (χ1v) is 9.69. The zero-order valence-corrected chi connectivity index (χ0v) is 17.2. The SMILES string of the molecule is COc1ncc(C(=O)N2CCN(C)CCCN(C(C)=O)c3ccccc3C2)cn1. The average molecular weight is 397 g/mol. The second kappa shape index (κ2) is 9.47. The molecule has 154 valence electrons. The molecular formula is C21H27N5O3. The average Bonchev–Trinajstić information content (AvgIpc) is 2.76. The molecule has 29 heavy (non-hydrogen) atoms. The monoisotopic (exact) mass is 397 g/mol. The van der Waals surface area contributed by atoms with E-state index in [4.69, 9.17) is 4.74 Å². The molecule has 0 fully saturated rings. The molecule has 0 atom stereocenters. The first kappa shape index (κ1) is 20.7. The molecule has 0 N–H and O–H groups in total. The lowest BCUT2D eigenvalue weighted by Gasteiger charge is -2.27. The number of hydrogen-bond acceptors (Lipinski definition) is 6. The van der Waals surface area contributed by atoms with Crippen LogP contribution in [0, 0.1) is 0 Å². The molecule has 0 aliphatic carbocycles. The van der Waals surface area contributed by atoms with E-state index >= 15 is 0 Å². The number of ether oxygens (including phenoxy) is 1. The third-order valence-corrected chi connectivity index (χ3v) is 5.04. The summed E-state index contributed by atoms with van der Waals surface area (Å²) in [5.74, 6) is -0.148. The van der Waals surface area contributed by atoms with Crippen LogP contribution in [0.1, 0.15) is 29.3 Å². The van der Waals surface area contributed by atoms with Gasteiger partial charge >= 0.3 is 6.01 Å². The van der Waals surface area contributed by atoms with Gasteiger partial charge < -0.3 is 19.4 Å². The second-order valence-corrected chi connectivity index (χ2v) is 7.14. The molecule has 8 heteroatoms. The Morgan fingerprint density at radius 2 is 1.76 bits per heavy atom.